The highest BCUT2D eigenvalue weighted by molar-refractivity contribution is 5.55. The van der Waals surface area contributed by atoms with Gasteiger partial charge in [0.2, 0.25) is 6.04 Å². The number of hydrogen-bond donors (Lipinski definition) is 1. The van der Waals surface area contributed by atoms with Crippen LogP contribution in [0.15, 0.2) is 59.8 Å². The second-order valence-electron chi connectivity index (χ2n) is 7.25. The molecule has 0 saturated heterocycles. The Kier molecular flexibility index (Phi) is 6.00. The van der Waals surface area contributed by atoms with Gasteiger partial charge in [0.25, 0.3) is 0 Å². The summed E-state index contributed by atoms with van der Waals surface area (Å²) >= 11 is 0. The average molecular weight is 429 g/mol. The van der Waals surface area contributed by atoms with Gasteiger partial charge < -0.3 is 15.2 Å². The summed E-state index contributed by atoms with van der Waals surface area (Å²) in [4.78, 5) is 11.9. The van der Waals surface area contributed by atoms with Crippen molar-refractivity contribution in [3.05, 3.63) is 81.0 Å². The predicted octanol–water partition coefficient (Wildman–Crippen LogP) is 3.00. The van der Waals surface area contributed by atoms with Crippen molar-refractivity contribution in [2.45, 2.75) is 17.9 Å². The fourth-order valence-corrected chi connectivity index (χ4v) is 4.26. The van der Waals surface area contributed by atoms with E-state index in [-0.39, 0.29) is 11.3 Å². The largest absolute Gasteiger partial charge is 0.497 e. The third kappa shape index (κ3) is 3.34. The monoisotopic (exact) mass is 429 g/mol. The number of ether oxygens (including phenoxy) is 2. The van der Waals surface area contributed by atoms with Gasteiger partial charge in [-0.3, -0.25) is 10.1 Å². The van der Waals surface area contributed by atoms with Gasteiger partial charge in [-0.05, 0) is 35.4 Å². The summed E-state index contributed by atoms with van der Waals surface area (Å²) in [5, 5.41) is 42.3. The first kappa shape index (κ1) is 22.1. The van der Waals surface area contributed by atoms with Crippen molar-refractivity contribution in [2.75, 3.05) is 14.2 Å². The van der Waals surface area contributed by atoms with E-state index >= 15 is 0 Å². The number of nitrogens with two attached hydrogens (primary N) is 1. The van der Waals surface area contributed by atoms with Gasteiger partial charge in [0.1, 0.15) is 11.5 Å². The average Bonchev–Trinajstić information content (AvgIpc) is 2.83. The third-order valence-corrected chi connectivity index (χ3v) is 5.84. The molecule has 1 aliphatic carbocycles. The van der Waals surface area contributed by atoms with Gasteiger partial charge >= 0.3 is 0 Å². The Morgan fingerprint density at radius 1 is 0.938 bits per heavy atom. The predicted molar refractivity (Wildman–Crippen MR) is 113 cm³/mol. The lowest BCUT2D eigenvalue weighted by Gasteiger charge is -2.40. The zero-order valence-corrected chi connectivity index (χ0v) is 17.4. The van der Waals surface area contributed by atoms with E-state index in [0.29, 0.717) is 22.6 Å². The highest BCUT2D eigenvalue weighted by Crippen LogP contribution is 2.54. The maximum Gasteiger partial charge on any atom is 0.234 e. The van der Waals surface area contributed by atoms with Crippen LogP contribution in [0.3, 0.4) is 0 Å². The number of nitro groups is 1. The van der Waals surface area contributed by atoms with Gasteiger partial charge in [0.15, 0.2) is 5.41 Å². The lowest BCUT2D eigenvalue weighted by Crippen LogP contribution is -2.50. The van der Waals surface area contributed by atoms with Crippen LogP contribution >= 0.6 is 0 Å². The molecule has 0 spiro atoms. The molecular weight excluding hydrogens is 410 g/mol. The molecule has 2 aromatic rings. The van der Waals surface area contributed by atoms with Crippen molar-refractivity contribution in [2.24, 2.45) is 11.1 Å². The molecule has 160 valence electrons. The Hall–Kier alpha value is -4.55. The molecule has 1 aliphatic rings. The van der Waals surface area contributed by atoms with Crippen LogP contribution in [0.1, 0.15) is 23.0 Å². The first-order chi connectivity index (χ1) is 15.4. The quantitative estimate of drug-likeness (QED) is 0.561. The minimum absolute atomic E-state index is 0.162. The van der Waals surface area contributed by atoms with Crippen molar-refractivity contribution in [1.82, 2.24) is 0 Å². The fraction of sp³-hybridized carbons (Fsp3) is 0.261. The number of rotatable bonds is 5. The minimum Gasteiger partial charge on any atom is -0.497 e. The molecular formula is C23H19N5O4. The number of allylic oxidation sites excluding steroid dienone is 1. The molecule has 2 aromatic carbocycles. The van der Waals surface area contributed by atoms with E-state index in [0.717, 1.165) is 0 Å². The summed E-state index contributed by atoms with van der Waals surface area (Å²) in [6, 6.07) is 17.0. The molecule has 0 saturated carbocycles. The van der Waals surface area contributed by atoms with Crippen LogP contribution in [0, 0.1) is 49.5 Å². The highest BCUT2D eigenvalue weighted by atomic mass is 16.6. The van der Waals surface area contributed by atoms with Gasteiger partial charge in [-0.1, -0.05) is 24.3 Å². The van der Waals surface area contributed by atoms with Gasteiger partial charge in [0.05, 0.1) is 55.5 Å². The fourth-order valence-electron chi connectivity index (χ4n) is 4.26. The number of methoxy groups -OCH3 is 2. The minimum atomic E-state index is -2.10. The van der Waals surface area contributed by atoms with Crippen molar-refractivity contribution in [3.63, 3.8) is 0 Å². The van der Waals surface area contributed by atoms with Crippen LogP contribution in [0.2, 0.25) is 0 Å². The van der Waals surface area contributed by atoms with Crippen molar-refractivity contribution in [3.8, 4) is 29.7 Å². The van der Waals surface area contributed by atoms with Gasteiger partial charge in [-0.2, -0.15) is 15.8 Å². The Morgan fingerprint density at radius 2 is 1.41 bits per heavy atom. The number of nitrogens with zero attached hydrogens (tertiary/aromatic N) is 4. The molecule has 9 nitrogen and oxygen atoms in total. The molecule has 0 amide bonds. The SMILES string of the molecule is COc1ccc([C@@H]2[C@@H]([N+](=O)[O-])[C@H](c3ccc(OC)cc3)C(C#N)=C(N)C2(C#N)C#N)cc1. The molecule has 32 heavy (non-hydrogen) atoms. The van der Waals surface area contributed by atoms with Crippen LogP contribution in [0.4, 0.5) is 0 Å². The van der Waals surface area contributed by atoms with E-state index < -0.39 is 28.2 Å². The summed E-state index contributed by atoms with van der Waals surface area (Å²) in [5.41, 5.74) is 4.55. The van der Waals surface area contributed by atoms with Gasteiger partial charge in [0, 0.05) is 4.92 Å². The summed E-state index contributed by atoms with van der Waals surface area (Å²) in [7, 11) is 2.96. The summed E-state index contributed by atoms with van der Waals surface area (Å²) < 4.78 is 10.3. The number of nitriles is 3. The molecule has 0 aliphatic heterocycles. The van der Waals surface area contributed by atoms with Crippen LogP contribution < -0.4 is 15.2 Å². The standard InChI is InChI=1S/C23H19N5O4/c1-31-16-7-3-14(4-8-16)19-18(11-24)22(27)23(12-25,13-26)20(21(19)28(29)30)15-5-9-17(32-2)10-6-15/h3-10,19-21H,27H2,1-2H3/t19-,20-,21+/m1/s1. The Labute approximate surface area is 184 Å². The van der Waals surface area contributed by atoms with E-state index in [9.17, 15) is 25.9 Å². The molecule has 0 aromatic heterocycles. The van der Waals surface area contributed by atoms with Crippen molar-refractivity contribution >= 4 is 0 Å². The third-order valence-electron chi connectivity index (χ3n) is 5.84. The molecule has 9 heteroatoms. The number of benzene rings is 2. The Bertz CT molecular complexity index is 1170. The second-order valence-corrected chi connectivity index (χ2v) is 7.25. The Morgan fingerprint density at radius 3 is 1.78 bits per heavy atom. The second kappa shape index (κ2) is 8.67. The summed E-state index contributed by atoms with van der Waals surface area (Å²) in [6.45, 7) is 0. The van der Waals surface area contributed by atoms with Crippen molar-refractivity contribution in [1.29, 1.82) is 15.8 Å². The van der Waals surface area contributed by atoms with E-state index in [1.807, 2.05) is 18.2 Å². The topological polar surface area (TPSA) is 159 Å². The number of hydrogen-bond acceptors (Lipinski definition) is 8. The lowest BCUT2D eigenvalue weighted by molar-refractivity contribution is -0.532. The van der Waals surface area contributed by atoms with E-state index in [1.165, 1.54) is 14.2 Å². The van der Waals surface area contributed by atoms with Gasteiger partial charge in [-0.15, -0.1) is 0 Å². The maximum atomic E-state index is 12.4. The first-order valence-corrected chi connectivity index (χ1v) is 9.52. The van der Waals surface area contributed by atoms with E-state index in [4.69, 9.17) is 15.2 Å². The van der Waals surface area contributed by atoms with Crippen LogP contribution in [-0.2, 0) is 0 Å². The smallest absolute Gasteiger partial charge is 0.234 e. The lowest BCUT2D eigenvalue weighted by atomic mass is 9.58. The molecule has 2 N–H and O–H groups in total. The molecule has 3 atom stereocenters. The summed E-state index contributed by atoms with van der Waals surface area (Å²) in [6.07, 6.45) is 0. The molecule has 0 heterocycles. The molecule has 0 bridgehead atoms. The van der Waals surface area contributed by atoms with E-state index in [2.05, 4.69) is 0 Å². The first-order valence-electron chi connectivity index (χ1n) is 9.52. The highest BCUT2D eigenvalue weighted by Gasteiger charge is 2.61. The molecule has 0 fully saturated rings. The van der Waals surface area contributed by atoms with E-state index in [1.54, 1.807) is 48.5 Å². The Balaban J connectivity index is 2.36. The molecule has 0 unspecified atom stereocenters. The molecule has 0 radical (unpaired) electrons. The van der Waals surface area contributed by atoms with Crippen LogP contribution in [0.25, 0.3) is 0 Å². The maximum absolute atomic E-state index is 12.4. The van der Waals surface area contributed by atoms with Crippen LogP contribution in [-0.4, -0.2) is 25.2 Å². The van der Waals surface area contributed by atoms with Crippen molar-refractivity contribution < 1.29 is 14.4 Å². The normalized spacial score (nSPS) is 21.5. The van der Waals surface area contributed by atoms with Crippen LogP contribution in [0.5, 0.6) is 11.5 Å². The van der Waals surface area contributed by atoms with Gasteiger partial charge in [-0.25, -0.2) is 0 Å². The zero-order valence-electron chi connectivity index (χ0n) is 17.4. The summed E-state index contributed by atoms with van der Waals surface area (Å²) in [5.74, 6) is -1.26. The molecule has 3 rings (SSSR count). The zero-order chi connectivity index (χ0) is 23.5.